The predicted molar refractivity (Wildman–Crippen MR) is 69.9 cm³/mol. The molecule has 98 valence electrons. The summed E-state index contributed by atoms with van der Waals surface area (Å²) < 4.78 is 5.22. The molecular weight excluding hydrogens is 228 g/mol. The van der Waals surface area contributed by atoms with Crippen molar-refractivity contribution < 1.29 is 14.3 Å². The highest BCUT2D eigenvalue weighted by molar-refractivity contribution is 5.79. The maximum atomic E-state index is 11.7. The molecule has 1 aromatic carbocycles. The molecular formula is C15H20O3. The first kappa shape index (κ1) is 14.4. The number of rotatable bonds is 6. The quantitative estimate of drug-likeness (QED) is 0.727. The second kappa shape index (κ2) is 6.94. The molecule has 0 bridgehead atoms. The average molecular weight is 248 g/mol. The van der Waals surface area contributed by atoms with Gasteiger partial charge in [-0.3, -0.25) is 9.59 Å². The van der Waals surface area contributed by atoms with E-state index in [1.165, 1.54) is 0 Å². The molecule has 1 aromatic rings. The highest BCUT2D eigenvalue weighted by Gasteiger charge is 2.19. The highest BCUT2D eigenvalue weighted by Crippen LogP contribution is 2.15. The molecule has 0 heterocycles. The lowest BCUT2D eigenvalue weighted by molar-refractivity contribution is -0.150. The smallest absolute Gasteiger partial charge is 0.309 e. The lowest BCUT2D eigenvalue weighted by Crippen LogP contribution is -2.19. The SMILES string of the molecule is CC(=O)[C@H](C)CC(C)C(=O)OCc1ccccc1. The summed E-state index contributed by atoms with van der Waals surface area (Å²) in [5.41, 5.74) is 0.970. The van der Waals surface area contributed by atoms with Crippen LogP contribution in [0.5, 0.6) is 0 Å². The number of carbonyl (C=O) groups excluding carboxylic acids is 2. The van der Waals surface area contributed by atoms with Crippen LogP contribution in [0, 0.1) is 11.8 Å². The highest BCUT2D eigenvalue weighted by atomic mass is 16.5. The summed E-state index contributed by atoms with van der Waals surface area (Å²) in [7, 11) is 0. The van der Waals surface area contributed by atoms with Crippen molar-refractivity contribution in [3.05, 3.63) is 35.9 Å². The van der Waals surface area contributed by atoms with Gasteiger partial charge in [-0.05, 0) is 18.9 Å². The van der Waals surface area contributed by atoms with Crippen molar-refractivity contribution in [2.24, 2.45) is 11.8 Å². The molecule has 0 fully saturated rings. The standard InChI is InChI=1S/C15H20O3/c1-11(13(3)16)9-12(2)15(17)18-10-14-7-5-4-6-8-14/h4-8,11-12H,9-10H2,1-3H3/t11-,12?/m1/s1. The largest absolute Gasteiger partial charge is 0.461 e. The minimum atomic E-state index is -0.244. The molecule has 0 radical (unpaired) electrons. The number of hydrogen-bond acceptors (Lipinski definition) is 3. The molecule has 0 spiro atoms. The fraction of sp³-hybridized carbons (Fsp3) is 0.467. The number of ketones is 1. The van der Waals surface area contributed by atoms with Crippen molar-refractivity contribution in [1.29, 1.82) is 0 Å². The van der Waals surface area contributed by atoms with E-state index < -0.39 is 0 Å². The fourth-order valence-corrected chi connectivity index (χ4v) is 1.66. The van der Waals surface area contributed by atoms with Gasteiger partial charge in [-0.2, -0.15) is 0 Å². The van der Waals surface area contributed by atoms with Gasteiger partial charge in [0, 0.05) is 5.92 Å². The van der Waals surface area contributed by atoms with E-state index in [1.807, 2.05) is 37.3 Å². The van der Waals surface area contributed by atoms with Gasteiger partial charge in [0.1, 0.15) is 12.4 Å². The monoisotopic (exact) mass is 248 g/mol. The Morgan fingerprint density at radius 2 is 1.72 bits per heavy atom. The Balaban J connectivity index is 2.39. The van der Waals surface area contributed by atoms with Crippen LogP contribution >= 0.6 is 0 Å². The van der Waals surface area contributed by atoms with Gasteiger partial charge >= 0.3 is 5.97 Å². The average Bonchev–Trinajstić information content (AvgIpc) is 2.36. The van der Waals surface area contributed by atoms with Crippen LogP contribution in [0.2, 0.25) is 0 Å². The molecule has 0 saturated carbocycles. The Kier molecular flexibility index (Phi) is 5.56. The second-order valence-electron chi connectivity index (χ2n) is 4.74. The Morgan fingerprint density at radius 1 is 1.11 bits per heavy atom. The first-order valence-electron chi connectivity index (χ1n) is 6.21. The second-order valence-corrected chi connectivity index (χ2v) is 4.74. The molecule has 3 heteroatoms. The Labute approximate surface area is 108 Å². The third kappa shape index (κ3) is 4.70. The maximum absolute atomic E-state index is 11.7. The zero-order valence-corrected chi connectivity index (χ0v) is 11.2. The van der Waals surface area contributed by atoms with Crippen molar-refractivity contribution in [3.63, 3.8) is 0 Å². The number of benzene rings is 1. The lowest BCUT2D eigenvalue weighted by Gasteiger charge is -2.14. The van der Waals surface area contributed by atoms with E-state index in [0.29, 0.717) is 13.0 Å². The molecule has 0 saturated heterocycles. The summed E-state index contributed by atoms with van der Waals surface area (Å²) in [6.45, 7) is 5.47. The van der Waals surface area contributed by atoms with Gasteiger partial charge in [0.2, 0.25) is 0 Å². The zero-order valence-electron chi connectivity index (χ0n) is 11.2. The van der Waals surface area contributed by atoms with Gasteiger partial charge in [0.15, 0.2) is 0 Å². The van der Waals surface area contributed by atoms with Crippen LogP contribution in [0.25, 0.3) is 0 Å². The van der Waals surface area contributed by atoms with Crippen molar-refractivity contribution in [2.75, 3.05) is 0 Å². The Hall–Kier alpha value is -1.64. The number of carbonyl (C=O) groups is 2. The fourth-order valence-electron chi connectivity index (χ4n) is 1.66. The van der Waals surface area contributed by atoms with Gasteiger partial charge < -0.3 is 4.74 Å². The summed E-state index contributed by atoms with van der Waals surface area (Å²) in [5.74, 6) is -0.471. The number of esters is 1. The van der Waals surface area contributed by atoms with Crippen LogP contribution < -0.4 is 0 Å². The topological polar surface area (TPSA) is 43.4 Å². The minimum Gasteiger partial charge on any atom is -0.461 e. The van der Waals surface area contributed by atoms with Gasteiger partial charge in [-0.1, -0.05) is 44.2 Å². The first-order valence-corrected chi connectivity index (χ1v) is 6.21. The van der Waals surface area contributed by atoms with Crippen LogP contribution in [0.15, 0.2) is 30.3 Å². The van der Waals surface area contributed by atoms with E-state index in [9.17, 15) is 9.59 Å². The first-order chi connectivity index (χ1) is 8.50. The van der Waals surface area contributed by atoms with Crippen molar-refractivity contribution in [3.8, 4) is 0 Å². The molecule has 3 nitrogen and oxygen atoms in total. The normalized spacial score (nSPS) is 13.7. The summed E-state index contributed by atoms with van der Waals surface area (Å²) in [6.07, 6.45) is 0.545. The third-order valence-corrected chi connectivity index (χ3v) is 3.03. The van der Waals surface area contributed by atoms with Crippen molar-refractivity contribution in [1.82, 2.24) is 0 Å². The molecule has 0 aromatic heterocycles. The third-order valence-electron chi connectivity index (χ3n) is 3.03. The van der Waals surface area contributed by atoms with E-state index in [2.05, 4.69) is 0 Å². The van der Waals surface area contributed by atoms with Crippen LogP contribution in [0.1, 0.15) is 32.8 Å². The maximum Gasteiger partial charge on any atom is 0.309 e. The lowest BCUT2D eigenvalue weighted by atomic mass is 9.95. The van der Waals surface area contributed by atoms with Crippen molar-refractivity contribution in [2.45, 2.75) is 33.8 Å². The van der Waals surface area contributed by atoms with Crippen LogP contribution in [0.3, 0.4) is 0 Å². The number of hydrogen-bond donors (Lipinski definition) is 0. The van der Waals surface area contributed by atoms with E-state index >= 15 is 0 Å². The van der Waals surface area contributed by atoms with E-state index in [1.54, 1.807) is 13.8 Å². The van der Waals surface area contributed by atoms with E-state index in [-0.39, 0.29) is 23.6 Å². The molecule has 0 aliphatic heterocycles. The molecule has 2 atom stereocenters. The molecule has 18 heavy (non-hydrogen) atoms. The summed E-state index contributed by atoms with van der Waals surface area (Å²) in [6, 6.07) is 9.56. The molecule has 0 N–H and O–H groups in total. The van der Waals surface area contributed by atoms with Gasteiger partial charge in [-0.25, -0.2) is 0 Å². The summed E-state index contributed by atoms with van der Waals surface area (Å²) >= 11 is 0. The molecule has 1 unspecified atom stereocenters. The molecule has 0 aliphatic carbocycles. The zero-order chi connectivity index (χ0) is 13.5. The van der Waals surface area contributed by atoms with Crippen LogP contribution in [-0.2, 0) is 20.9 Å². The molecule has 0 aliphatic rings. The van der Waals surface area contributed by atoms with Crippen molar-refractivity contribution >= 4 is 11.8 Å². The van der Waals surface area contributed by atoms with Crippen LogP contribution in [-0.4, -0.2) is 11.8 Å². The predicted octanol–water partition coefficient (Wildman–Crippen LogP) is 2.98. The Bertz CT molecular complexity index is 397. The van der Waals surface area contributed by atoms with E-state index in [0.717, 1.165) is 5.56 Å². The van der Waals surface area contributed by atoms with Crippen LogP contribution in [0.4, 0.5) is 0 Å². The molecule has 1 rings (SSSR count). The Morgan fingerprint density at radius 3 is 2.28 bits per heavy atom. The van der Waals surface area contributed by atoms with E-state index in [4.69, 9.17) is 4.74 Å². The van der Waals surface area contributed by atoms with Gasteiger partial charge in [0.05, 0.1) is 5.92 Å². The van der Waals surface area contributed by atoms with Gasteiger partial charge in [-0.15, -0.1) is 0 Å². The number of ether oxygens (including phenoxy) is 1. The summed E-state index contributed by atoms with van der Waals surface area (Å²) in [4.78, 5) is 22.9. The number of Topliss-reactive ketones (excluding diaryl/α,β-unsaturated/α-hetero) is 1. The van der Waals surface area contributed by atoms with Gasteiger partial charge in [0.25, 0.3) is 0 Å². The summed E-state index contributed by atoms with van der Waals surface area (Å²) in [5, 5.41) is 0. The minimum absolute atomic E-state index is 0.0933. The molecule has 0 amide bonds.